The molecule has 6 bridgehead atoms. The molecule has 6 heterocycles. The maximum atomic E-state index is 14.5. The first-order valence-corrected chi connectivity index (χ1v) is 21.7. The van der Waals surface area contributed by atoms with Crippen molar-refractivity contribution in [1.82, 2.24) is 35.2 Å². The molecule has 2 saturated heterocycles. The summed E-state index contributed by atoms with van der Waals surface area (Å²) in [6.45, 7) is 10.5. The third-order valence-corrected chi connectivity index (χ3v) is 13.2. The maximum absolute atomic E-state index is 14.5. The first-order valence-electron chi connectivity index (χ1n) is 20.8. The molecule has 13 heteroatoms. The first-order chi connectivity index (χ1) is 28.5. The minimum Gasteiger partial charge on any atom is -0.464 e. The van der Waals surface area contributed by atoms with E-state index >= 15 is 0 Å². The fourth-order valence-electron chi connectivity index (χ4n) is 9.20. The topological polar surface area (TPSA) is 131 Å². The Morgan fingerprint density at radius 1 is 1.10 bits per heavy atom. The van der Waals surface area contributed by atoms with Crippen molar-refractivity contribution in [3.05, 3.63) is 94.1 Å². The maximum Gasteiger partial charge on any atom is 0.324 e. The number of aromatic nitrogens is 3. The van der Waals surface area contributed by atoms with Crippen LogP contribution in [-0.4, -0.2) is 88.2 Å². The highest BCUT2D eigenvalue weighted by molar-refractivity contribution is 7.10. The third kappa shape index (κ3) is 8.17. The smallest absolute Gasteiger partial charge is 0.324 e. The zero-order valence-corrected chi connectivity index (χ0v) is 35.7. The van der Waals surface area contributed by atoms with E-state index in [1.54, 1.807) is 7.11 Å². The number of hydrogen-bond donors (Lipinski definition) is 2. The van der Waals surface area contributed by atoms with Gasteiger partial charge in [0.25, 0.3) is 5.91 Å². The molecule has 59 heavy (non-hydrogen) atoms. The zero-order chi connectivity index (χ0) is 41.4. The Labute approximate surface area is 350 Å². The molecule has 0 spiro atoms. The number of ether oxygens (including phenoxy) is 2. The van der Waals surface area contributed by atoms with Crippen molar-refractivity contribution in [2.75, 3.05) is 33.9 Å². The summed E-state index contributed by atoms with van der Waals surface area (Å²) in [5, 5.41) is 8.55. The van der Waals surface area contributed by atoms with Gasteiger partial charge in [0.15, 0.2) is 0 Å². The average molecular weight is 818 g/mol. The molecule has 2 fully saturated rings. The SMILES string of the molecule is CCn1c(-c2cccnc2[C@H](C)OC)c2c3cc(ccc31)-c1csc(n1)C[C@H](NC(=O)[C@H]1CCN(C)[C@@H]1c1ccccc1)C(=O)N1CCC[C@H](N1)C(=O)OCC(C)(C)C2. The first kappa shape index (κ1) is 40.8. The molecule has 0 radical (unpaired) electrons. The number of amides is 2. The normalized spacial score (nSPS) is 23.2. The lowest BCUT2D eigenvalue weighted by Crippen LogP contribution is -2.60. The highest BCUT2D eigenvalue weighted by Crippen LogP contribution is 2.42. The number of carbonyl (C=O) groups is 3. The fourth-order valence-corrected chi connectivity index (χ4v) is 10.1. The van der Waals surface area contributed by atoms with Gasteiger partial charge < -0.3 is 19.4 Å². The van der Waals surface area contributed by atoms with Crippen LogP contribution in [0.4, 0.5) is 0 Å². The van der Waals surface area contributed by atoms with Crippen LogP contribution in [0.5, 0.6) is 0 Å². The number of hydrazine groups is 1. The highest BCUT2D eigenvalue weighted by Gasteiger charge is 2.41. The van der Waals surface area contributed by atoms with Crippen LogP contribution in [0.3, 0.4) is 0 Å². The summed E-state index contributed by atoms with van der Waals surface area (Å²) in [5.41, 5.74) is 10.7. The number of benzene rings is 2. The molecule has 0 unspecified atom stereocenters. The van der Waals surface area contributed by atoms with Crippen molar-refractivity contribution >= 4 is 40.0 Å². The Morgan fingerprint density at radius 2 is 1.92 bits per heavy atom. The molecule has 0 saturated carbocycles. The Balaban J connectivity index is 1.20. The third-order valence-electron chi connectivity index (χ3n) is 12.3. The van der Waals surface area contributed by atoms with E-state index in [-0.39, 0.29) is 42.9 Å². The van der Waals surface area contributed by atoms with Crippen LogP contribution in [-0.2, 0) is 43.2 Å². The monoisotopic (exact) mass is 817 g/mol. The number of aryl methyl sites for hydroxylation is 1. The van der Waals surface area contributed by atoms with Crippen LogP contribution in [0.2, 0.25) is 0 Å². The lowest BCUT2D eigenvalue weighted by atomic mass is 9.84. The van der Waals surface area contributed by atoms with E-state index in [0.29, 0.717) is 32.2 Å². The molecule has 2 N–H and O–H groups in total. The molecule has 5 aromatic rings. The number of pyridine rings is 1. The number of methoxy groups -OCH3 is 1. The van der Waals surface area contributed by atoms with Crippen LogP contribution in [0.25, 0.3) is 33.4 Å². The minimum atomic E-state index is -0.901. The summed E-state index contributed by atoms with van der Waals surface area (Å²) in [6, 6.07) is 18.9. The average Bonchev–Trinajstić information content (AvgIpc) is 3.97. The van der Waals surface area contributed by atoms with Crippen molar-refractivity contribution < 1.29 is 23.9 Å². The van der Waals surface area contributed by atoms with E-state index in [9.17, 15) is 14.4 Å². The van der Waals surface area contributed by atoms with Crippen molar-refractivity contribution in [1.29, 1.82) is 0 Å². The Morgan fingerprint density at radius 3 is 2.69 bits per heavy atom. The lowest BCUT2D eigenvalue weighted by Gasteiger charge is -2.36. The molecule has 12 nitrogen and oxygen atoms in total. The predicted octanol–water partition coefficient (Wildman–Crippen LogP) is 6.90. The molecular weight excluding hydrogens is 763 g/mol. The fraction of sp³-hybridized carbons (Fsp3) is 0.457. The number of cyclic esters (lactones) is 1. The van der Waals surface area contributed by atoms with Gasteiger partial charge in [-0.2, -0.15) is 0 Å². The second-order valence-corrected chi connectivity index (χ2v) is 17.9. The standard InChI is InChI=1S/C46H55N7O5S/c1-7-52-38-18-17-30-23-33(38)34(42(52)31-15-11-20-47-40(31)28(2)57-6)25-46(3,4)27-58-45(56)35-16-12-21-53(50-35)44(55)36(24-39-48-37(30)26-59-39)49-43(54)32-19-22-51(5)41(32)29-13-9-8-10-14-29/h8-11,13-15,17-18,20,23,26,28,32,35-36,41,50H,7,12,16,19,21-22,24-25,27H2,1-6H3,(H,49,54)/t28-,32-,35-,36-,41+/m0/s1. The van der Waals surface area contributed by atoms with Crippen molar-refractivity contribution in [3.63, 3.8) is 0 Å². The van der Waals surface area contributed by atoms with Gasteiger partial charge in [-0.3, -0.25) is 29.3 Å². The van der Waals surface area contributed by atoms with Crippen LogP contribution in [0.15, 0.2) is 72.2 Å². The molecule has 3 aromatic heterocycles. The van der Waals surface area contributed by atoms with Gasteiger partial charge in [0.2, 0.25) is 5.91 Å². The number of thiazole rings is 1. The summed E-state index contributed by atoms with van der Waals surface area (Å²) in [4.78, 5) is 54.7. The summed E-state index contributed by atoms with van der Waals surface area (Å²) < 4.78 is 14.3. The number of hydrogen-bond acceptors (Lipinski definition) is 10. The predicted molar refractivity (Wildman–Crippen MR) is 229 cm³/mol. The van der Waals surface area contributed by atoms with Crippen LogP contribution < -0.4 is 10.7 Å². The molecule has 2 aromatic carbocycles. The molecule has 0 aliphatic carbocycles. The molecular formula is C46H55N7O5S. The number of rotatable bonds is 7. The van der Waals surface area contributed by atoms with Gasteiger partial charge in [0, 0.05) is 71.7 Å². The molecule has 3 aliphatic heterocycles. The second kappa shape index (κ2) is 17.0. The molecule has 5 atom stereocenters. The summed E-state index contributed by atoms with van der Waals surface area (Å²) in [7, 11) is 3.74. The van der Waals surface area contributed by atoms with Crippen LogP contribution in [0.1, 0.15) is 80.9 Å². The van der Waals surface area contributed by atoms with Gasteiger partial charge in [-0.05, 0) is 88.5 Å². The number of carbonyl (C=O) groups excluding carboxylic acids is 3. The van der Waals surface area contributed by atoms with Gasteiger partial charge in [0.1, 0.15) is 12.1 Å². The van der Waals surface area contributed by atoms with Gasteiger partial charge in [0.05, 0.1) is 40.7 Å². The highest BCUT2D eigenvalue weighted by atomic mass is 32.1. The zero-order valence-electron chi connectivity index (χ0n) is 34.9. The number of esters is 1. The van der Waals surface area contributed by atoms with Crippen LogP contribution in [0, 0.1) is 11.3 Å². The van der Waals surface area contributed by atoms with E-state index in [0.717, 1.165) is 68.3 Å². The minimum absolute atomic E-state index is 0.107. The van der Waals surface area contributed by atoms with Crippen molar-refractivity contribution in [3.8, 4) is 22.5 Å². The molecule has 2 amide bonds. The van der Waals surface area contributed by atoms with Gasteiger partial charge >= 0.3 is 5.97 Å². The lowest BCUT2D eigenvalue weighted by molar-refractivity contribution is -0.155. The Hall–Kier alpha value is -4.95. The number of nitrogens with one attached hydrogen (secondary N) is 2. The van der Waals surface area contributed by atoms with Gasteiger partial charge in [-0.1, -0.05) is 50.2 Å². The number of fused-ring (bicyclic) bond motifs is 6. The second-order valence-electron chi connectivity index (χ2n) is 17.0. The van der Waals surface area contributed by atoms with E-state index in [1.165, 1.54) is 16.3 Å². The summed E-state index contributed by atoms with van der Waals surface area (Å²) in [6.07, 6.45) is 4.22. The molecule has 3 aliphatic rings. The Bertz CT molecular complexity index is 2340. The largest absolute Gasteiger partial charge is 0.464 e. The van der Waals surface area contributed by atoms with Crippen molar-refractivity contribution in [2.45, 2.75) is 90.6 Å². The summed E-state index contributed by atoms with van der Waals surface area (Å²) in [5.74, 6) is -1.20. The van der Waals surface area contributed by atoms with Gasteiger partial charge in [-0.25, -0.2) is 10.4 Å². The van der Waals surface area contributed by atoms with E-state index in [4.69, 9.17) is 19.4 Å². The quantitative estimate of drug-likeness (QED) is 0.169. The van der Waals surface area contributed by atoms with E-state index in [2.05, 4.69) is 77.4 Å². The van der Waals surface area contributed by atoms with Crippen LogP contribution >= 0.6 is 11.3 Å². The molecule has 310 valence electrons. The van der Waals surface area contributed by atoms with E-state index < -0.39 is 23.5 Å². The Kier molecular flexibility index (Phi) is 11.7. The van der Waals surface area contributed by atoms with Gasteiger partial charge in [-0.15, -0.1) is 11.3 Å². The summed E-state index contributed by atoms with van der Waals surface area (Å²) >= 11 is 1.48. The number of likely N-dealkylation sites (tertiary alicyclic amines) is 1. The number of nitrogens with zero attached hydrogens (tertiary/aromatic N) is 5. The van der Waals surface area contributed by atoms with E-state index in [1.807, 2.05) is 49.8 Å². The molecule has 8 rings (SSSR count). The van der Waals surface area contributed by atoms with Crippen molar-refractivity contribution in [2.24, 2.45) is 11.3 Å².